The van der Waals surface area contributed by atoms with E-state index in [1.165, 1.54) is 15.3 Å². The standard InChI is InChI=1S/C7H12Si2/c1-6-2-4-7(9-8)5-3-6/h2-5H,9H2,1,8H3. The van der Waals surface area contributed by atoms with Gasteiger partial charge in [0, 0.05) is 9.04 Å². The third-order valence-corrected chi connectivity index (χ3v) is 5.27. The molecule has 0 aromatic heterocycles. The summed E-state index contributed by atoms with van der Waals surface area (Å²) in [5, 5.41) is 1.62. The van der Waals surface area contributed by atoms with E-state index in [1.807, 2.05) is 0 Å². The van der Waals surface area contributed by atoms with Crippen molar-refractivity contribution in [3.63, 3.8) is 0 Å². The molecule has 1 rings (SSSR count). The summed E-state index contributed by atoms with van der Waals surface area (Å²) in [7, 11) is 1.63. The molecule has 0 bridgehead atoms. The molecule has 0 heterocycles. The fourth-order valence-corrected chi connectivity index (χ4v) is 2.95. The minimum atomic E-state index is 0.214. The Morgan fingerprint density at radius 2 is 1.78 bits per heavy atom. The van der Waals surface area contributed by atoms with Crippen molar-refractivity contribution in [2.24, 2.45) is 0 Å². The maximum atomic E-state index is 2.27. The maximum absolute atomic E-state index is 2.27. The van der Waals surface area contributed by atoms with E-state index < -0.39 is 0 Å². The largest absolute Gasteiger partial charge is 0.0704 e. The highest BCUT2D eigenvalue weighted by molar-refractivity contribution is 6.97. The minimum absolute atomic E-state index is 0.214. The third kappa shape index (κ3) is 1.80. The lowest BCUT2D eigenvalue weighted by molar-refractivity contribution is 1.49. The second kappa shape index (κ2) is 2.99. The molecule has 0 aliphatic heterocycles. The molecule has 0 fully saturated rings. The fourth-order valence-electron chi connectivity index (χ4n) is 0.824. The van der Waals surface area contributed by atoms with Gasteiger partial charge in [0.05, 0.1) is 0 Å². The third-order valence-electron chi connectivity index (χ3n) is 1.53. The molecule has 0 aliphatic carbocycles. The van der Waals surface area contributed by atoms with Crippen LogP contribution in [0.5, 0.6) is 0 Å². The van der Waals surface area contributed by atoms with Gasteiger partial charge in [-0.25, -0.2) is 0 Å². The molecule has 0 N–H and O–H groups in total. The molecular weight excluding hydrogens is 140 g/mol. The van der Waals surface area contributed by atoms with Gasteiger partial charge in [0.25, 0.3) is 0 Å². The monoisotopic (exact) mass is 152 g/mol. The Kier molecular flexibility index (Phi) is 2.25. The summed E-state index contributed by atoms with van der Waals surface area (Å²) in [6.07, 6.45) is 0. The summed E-state index contributed by atoms with van der Waals surface area (Å²) < 4.78 is 0. The van der Waals surface area contributed by atoms with Crippen molar-refractivity contribution in [3.8, 4) is 0 Å². The van der Waals surface area contributed by atoms with Crippen LogP contribution in [0.2, 0.25) is 0 Å². The summed E-state index contributed by atoms with van der Waals surface area (Å²) in [6, 6.07) is 8.96. The van der Waals surface area contributed by atoms with Crippen LogP contribution < -0.4 is 5.19 Å². The number of hydrogen-bond donors (Lipinski definition) is 0. The first-order chi connectivity index (χ1) is 4.33. The van der Waals surface area contributed by atoms with Gasteiger partial charge in [-0.15, -0.1) is 0 Å². The Hall–Kier alpha value is -0.346. The summed E-state index contributed by atoms with van der Waals surface area (Å²) in [5.74, 6) is 0. The van der Waals surface area contributed by atoms with E-state index in [-0.39, 0.29) is 9.04 Å². The van der Waals surface area contributed by atoms with E-state index in [9.17, 15) is 0 Å². The smallest absolute Gasteiger partial charge is 0.0384 e. The topological polar surface area (TPSA) is 0 Å². The van der Waals surface area contributed by atoms with Crippen LogP contribution in [0.1, 0.15) is 5.56 Å². The molecule has 0 unspecified atom stereocenters. The molecule has 0 saturated heterocycles. The van der Waals surface area contributed by atoms with Crippen LogP contribution in [0.25, 0.3) is 0 Å². The normalized spacial score (nSPS) is 11.2. The quantitative estimate of drug-likeness (QED) is 0.456. The maximum Gasteiger partial charge on any atom is 0.0384 e. The van der Waals surface area contributed by atoms with Crippen LogP contribution in [0.3, 0.4) is 0 Å². The highest BCUT2D eigenvalue weighted by atomic mass is 29.1. The molecule has 0 spiro atoms. The molecule has 48 valence electrons. The van der Waals surface area contributed by atoms with Gasteiger partial charge < -0.3 is 0 Å². The summed E-state index contributed by atoms with van der Waals surface area (Å²) in [6.45, 7) is 2.14. The predicted molar refractivity (Wildman–Crippen MR) is 49.3 cm³/mol. The Balaban J connectivity index is 2.88. The summed E-state index contributed by atoms with van der Waals surface area (Å²) in [5.41, 5.74) is 1.38. The van der Waals surface area contributed by atoms with Crippen molar-refractivity contribution in [2.75, 3.05) is 0 Å². The molecule has 1 aromatic carbocycles. The molecule has 0 amide bonds. The number of aryl methyl sites for hydroxylation is 1. The Morgan fingerprint density at radius 3 is 2.22 bits per heavy atom. The summed E-state index contributed by atoms with van der Waals surface area (Å²) in [4.78, 5) is 0. The lowest BCUT2D eigenvalue weighted by atomic mass is 10.2. The van der Waals surface area contributed by atoms with Crippen LogP contribution in [0, 0.1) is 6.92 Å². The van der Waals surface area contributed by atoms with Gasteiger partial charge in [-0.05, 0) is 16.7 Å². The van der Waals surface area contributed by atoms with Gasteiger partial charge >= 0.3 is 0 Å². The van der Waals surface area contributed by atoms with Gasteiger partial charge in [0.15, 0.2) is 0 Å². The molecule has 0 saturated carbocycles. The lowest BCUT2D eigenvalue weighted by Gasteiger charge is -1.94. The minimum Gasteiger partial charge on any atom is -0.0704 e. The Labute approximate surface area is 61.3 Å². The van der Waals surface area contributed by atoms with Gasteiger partial charge in [-0.3, -0.25) is 0 Å². The first-order valence-electron chi connectivity index (χ1n) is 3.38. The second-order valence-corrected chi connectivity index (χ2v) is 5.98. The van der Waals surface area contributed by atoms with E-state index in [1.54, 1.807) is 5.19 Å². The van der Waals surface area contributed by atoms with E-state index in [4.69, 9.17) is 0 Å². The van der Waals surface area contributed by atoms with E-state index in [0.29, 0.717) is 0 Å². The Bertz CT molecular complexity index is 179. The van der Waals surface area contributed by atoms with Gasteiger partial charge in [-0.2, -0.15) is 0 Å². The Morgan fingerprint density at radius 1 is 1.22 bits per heavy atom. The first-order valence-corrected chi connectivity index (χ1v) is 9.75. The number of benzene rings is 1. The van der Waals surface area contributed by atoms with Crippen molar-refractivity contribution >= 4 is 24.0 Å². The average molecular weight is 152 g/mol. The zero-order valence-electron chi connectivity index (χ0n) is 6.02. The van der Waals surface area contributed by atoms with E-state index in [2.05, 4.69) is 31.2 Å². The molecule has 9 heavy (non-hydrogen) atoms. The van der Waals surface area contributed by atoms with Crippen LogP contribution in [0.4, 0.5) is 0 Å². The lowest BCUT2D eigenvalue weighted by Crippen LogP contribution is -2.12. The van der Waals surface area contributed by atoms with Crippen molar-refractivity contribution < 1.29 is 0 Å². The SMILES string of the molecule is Cc1ccc([SiH2][SiH3])cc1. The van der Waals surface area contributed by atoms with Crippen LogP contribution in [-0.2, 0) is 0 Å². The van der Waals surface area contributed by atoms with Crippen molar-refractivity contribution in [2.45, 2.75) is 6.92 Å². The average Bonchev–Trinajstić information content (AvgIpc) is 1.90. The molecule has 0 atom stereocenters. The van der Waals surface area contributed by atoms with Crippen molar-refractivity contribution in [3.05, 3.63) is 29.8 Å². The number of rotatable bonds is 1. The molecule has 1 aromatic rings. The van der Waals surface area contributed by atoms with Crippen LogP contribution >= 0.6 is 0 Å². The van der Waals surface area contributed by atoms with Crippen LogP contribution in [0.15, 0.2) is 24.3 Å². The molecular formula is C7H12Si2. The first kappa shape index (κ1) is 6.77. The molecule has 0 aliphatic rings. The van der Waals surface area contributed by atoms with Crippen molar-refractivity contribution in [1.29, 1.82) is 0 Å². The van der Waals surface area contributed by atoms with Gasteiger partial charge in [-0.1, -0.05) is 35.0 Å². The highest BCUT2D eigenvalue weighted by Gasteiger charge is 1.85. The van der Waals surface area contributed by atoms with E-state index >= 15 is 0 Å². The summed E-state index contributed by atoms with van der Waals surface area (Å²) >= 11 is 0. The molecule has 0 nitrogen and oxygen atoms in total. The number of hydrogen-bond acceptors (Lipinski definition) is 0. The molecule has 0 radical (unpaired) electrons. The van der Waals surface area contributed by atoms with E-state index in [0.717, 1.165) is 0 Å². The van der Waals surface area contributed by atoms with Gasteiger partial charge in [0.1, 0.15) is 0 Å². The van der Waals surface area contributed by atoms with Gasteiger partial charge in [0.2, 0.25) is 0 Å². The van der Waals surface area contributed by atoms with Crippen molar-refractivity contribution in [1.82, 2.24) is 0 Å². The highest BCUT2D eigenvalue weighted by Crippen LogP contribution is 1.90. The second-order valence-electron chi connectivity index (χ2n) is 2.34. The van der Waals surface area contributed by atoms with Crippen LogP contribution in [-0.4, -0.2) is 18.8 Å². The predicted octanol–water partition coefficient (Wildman–Crippen LogP) is -0.930. The molecule has 2 heteroatoms. The zero-order valence-corrected chi connectivity index (χ0v) is 9.43. The fraction of sp³-hybridized carbons (Fsp3) is 0.143. The zero-order chi connectivity index (χ0) is 6.69.